The number of carbonyl (C=O) groups excluding carboxylic acids is 1. The van der Waals surface area contributed by atoms with Gasteiger partial charge in [0, 0.05) is 5.56 Å². The molecule has 0 saturated carbocycles. The van der Waals surface area contributed by atoms with E-state index in [0.29, 0.717) is 17.9 Å². The normalized spacial score (nSPS) is 12.1. The van der Waals surface area contributed by atoms with Gasteiger partial charge in [-0.05, 0) is 37.6 Å². The van der Waals surface area contributed by atoms with Gasteiger partial charge in [0.1, 0.15) is 0 Å². The Kier molecular flexibility index (Phi) is 4.19. The Morgan fingerprint density at radius 2 is 2.37 bits per heavy atom. The van der Waals surface area contributed by atoms with Crippen LogP contribution >= 0.6 is 0 Å². The summed E-state index contributed by atoms with van der Waals surface area (Å²) in [5.41, 5.74) is 7.15. The monoisotopic (exact) mass is 260 g/mol. The van der Waals surface area contributed by atoms with E-state index in [4.69, 9.17) is 5.73 Å². The van der Waals surface area contributed by atoms with Crippen LogP contribution in [0.5, 0.6) is 0 Å². The zero-order chi connectivity index (χ0) is 13.7. The zero-order valence-corrected chi connectivity index (χ0v) is 10.6. The van der Waals surface area contributed by atoms with Crippen molar-refractivity contribution in [2.75, 3.05) is 6.54 Å². The number of aromatic nitrogens is 4. The predicted molar refractivity (Wildman–Crippen MR) is 69.3 cm³/mol. The van der Waals surface area contributed by atoms with Crippen LogP contribution in [0.4, 0.5) is 0 Å². The summed E-state index contributed by atoms with van der Waals surface area (Å²) in [7, 11) is 0. The molecule has 1 atom stereocenters. The highest BCUT2D eigenvalue weighted by Gasteiger charge is 2.14. The lowest BCUT2D eigenvalue weighted by Gasteiger charge is -2.10. The molecule has 1 aromatic heterocycles. The minimum absolute atomic E-state index is 0.170. The van der Waals surface area contributed by atoms with Crippen LogP contribution in [-0.4, -0.2) is 33.1 Å². The van der Waals surface area contributed by atoms with Crippen LogP contribution in [0.3, 0.4) is 0 Å². The first-order valence-corrected chi connectivity index (χ1v) is 6.04. The van der Waals surface area contributed by atoms with Gasteiger partial charge in [-0.3, -0.25) is 4.79 Å². The Labute approximate surface area is 110 Å². The highest BCUT2D eigenvalue weighted by Crippen LogP contribution is 2.09. The summed E-state index contributed by atoms with van der Waals surface area (Å²) in [5.74, 6) is 0.280. The van der Waals surface area contributed by atoms with Crippen molar-refractivity contribution >= 4 is 5.91 Å². The summed E-state index contributed by atoms with van der Waals surface area (Å²) < 4.78 is 0. The van der Waals surface area contributed by atoms with Crippen molar-refractivity contribution in [3.05, 3.63) is 41.2 Å². The fraction of sp³-hybridized carbons (Fsp3) is 0.333. The predicted octanol–water partition coefficient (Wildman–Crippen LogP) is 0.192. The SMILES string of the molecule is CC(NC(=O)c1cccc(CCN)c1)c1nn[nH]n1. The van der Waals surface area contributed by atoms with E-state index in [9.17, 15) is 4.79 Å². The fourth-order valence-electron chi connectivity index (χ4n) is 1.73. The Balaban J connectivity index is 2.05. The number of benzene rings is 1. The zero-order valence-electron chi connectivity index (χ0n) is 10.6. The molecular formula is C12H16N6O. The topological polar surface area (TPSA) is 110 Å². The summed E-state index contributed by atoms with van der Waals surface area (Å²) in [4.78, 5) is 12.1. The van der Waals surface area contributed by atoms with Gasteiger partial charge >= 0.3 is 0 Å². The smallest absolute Gasteiger partial charge is 0.251 e. The maximum Gasteiger partial charge on any atom is 0.251 e. The molecule has 0 aliphatic rings. The minimum Gasteiger partial charge on any atom is -0.342 e. The van der Waals surface area contributed by atoms with Gasteiger partial charge in [-0.1, -0.05) is 17.3 Å². The molecule has 1 aromatic carbocycles. The maximum absolute atomic E-state index is 12.1. The summed E-state index contributed by atoms with van der Waals surface area (Å²) in [5, 5.41) is 16.3. The number of amides is 1. The highest BCUT2D eigenvalue weighted by molar-refractivity contribution is 5.94. The number of rotatable bonds is 5. The third kappa shape index (κ3) is 3.35. The van der Waals surface area contributed by atoms with Gasteiger partial charge in [0.05, 0.1) is 6.04 Å². The lowest BCUT2D eigenvalue weighted by atomic mass is 10.1. The van der Waals surface area contributed by atoms with Gasteiger partial charge in [-0.2, -0.15) is 5.21 Å². The van der Waals surface area contributed by atoms with Crippen LogP contribution in [-0.2, 0) is 6.42 Å². The number of nitrogens with two attached hydrogens (primary N) is 1. The van der Waals surface area contributed by atoms with Gasteiger partial charge in [0.15, 0.2) is 5.82 Å². The molecule has 7 nitrogen and oxygen atoms in total. The largest absolute Gasteiger partial charge is 0.342 e. The molecular weight excluding hydrogens is 244 g/mol. The van der Waals surface area contributed by atoms with Gasteiger partial charge in [0.2, 0.25) is 0 Å². The molecule has 4 N–H and O–H groups in total. The fourth-order valence-corrected chi connectivity index (χ4v) is 1.73. The van der Waals surface area contributed by atoms with Crippen LogP contribution in [0.1, 0.15) is 34.7 Å². The first kappa shape index (κ1) is 13.2. The summed E-state index contributed by atoms with van der Waals surface area (Å²) in [6.07, 6.45) is 0.752. The maximum atomic E-state index is 12.1. The van der Waals surface area contributed by atoms with Crippen molar-refractivity contribution in [2.45, 2.75) is 19.4 Å². The third-order valence-corrected chi connectivity index (χ3v) is 2.72. The second-order valence-electron chi connectivity index (χ2n) is 4.20. The van der Waals surface area contributed by atoms with E-state index in [1.54, 1.807) is 13.0 Å². The third-order valence-electron chi connectivity index (χ3n) is 2.72. The second kappa shape index (κ2) is 6.05. The van der Waals surface area contributed by atoms with Crippen molar-refractivity contribution in [3.63, 3.8) is 0 Å². The molecule has 100 valence electrons. The van der Waals surface area contributed by atoms with E-state index in [0.717, 1.165) is 12.0 Å². The van der Waals surface area contributed by atoms with Gasteiger partial charge in [-0.15, -0.1) is 10.2 Å². The molecule has 0 aliphatic heterocycles. The highest BCUT2D eigenvalue weighted by atomic mass is 16.1. The molecule has 1 heterocycles. The second-order valence-corrected chi connectivity index (χ2v) is 4.20. The molecule has 2 aromatic rings. The van der Waals surface area contributed by atoms with Crippen molar-refractivity contribution in [3.8, 4) is 0 Å². The number of nitrogens with one attached hydrogen (secondary N) is 2. The van der Waals surface area contributed by atoms with Crippen molar-refractivity contribution in [1.29, 1.82) is 0 Å². The van der Waals surface area contributed by atoms with Crippen molar-refractivity contribution < 1.29 is 4.79 Å². The van der Waals surface area contributed by atoms with E-state index < -0.39 is 0 Å². The number of nitrogens with zero attached hydrogens (tertiary/aromatic N) is 3. The van der Waals surface area contributed by atoms with Crippen LogP contribution in [0.25, 0.3) is 0 Å². The average Bonchev–Trinajstić information content (AvgIpc) is 2.93. The molecule has 1 amide bonds. The van der Waals surface area contributed by atoms with Crippen LogP contribution in [0, 0.1) is 0 Å². The van der Waals surface area contributed by atoms with Crippen molar-refractivity contribution in [2.24, 2.45) is 5.73 Å². The number of carbonyl (C=O) groups is 1. The molecule has 19 heavy (non-hydrogen) atoms. The summed E-state index contributed by atoms with van der Waals surface area (Å²) in [6.45, 7) is 2.36. The van der Waals surface area contributed by atoms with E-state index in [1.165, 1.54) is 0 Å². The first-order valence-electron chi connectivity index (χ1n) is 6.04. The Morgan fingerprint density at radius 3 is 3.05 bits per heavy atom. The van der Waals surface area contributed by atoms with E-state index in [1.807, 2.05) is 18.2 Å². The van der Waals surface area contributed by atoms with E-state index in [2.05, 4.69) is 25.9 Å². The quantitative estimate of drug-likeness (QED) is 0.711. The van der Waals surface area contributed by atoms with Crippen LogP contribution in [0.2, 0.25) is 0 Å². The van der Waals surface area contributed by atoms with Crippen LogP contribution < -0.4 is 11.1 Å². The first-order chi connectivity index (χ1) is 9.20. The molecule has 2 rings (SSSR count). The minimum atomic E-state index is -0.301. The molecule has 0 spiro atoms. The number of H-pyrrole nitrogens is 1. The molecule has 0 aliphatic carbocycles. The Bertz CT molecular complexity index is 539. The molecule has 0 bridgehead atoms. The average molecular weight is 260 g/mol. The van der Waals surface area contributed by atoms with Gasteiger partial charge < -0.3 is 11.1 Å². The number of tetrazole rings is 1. The van der Waals surface area contributed by atoms with Crippen molar-refractivity contribution in [1.82, 2.24) is 25.9 Å². The summed E-state index contributed by atoms with van der Waals surface area (Å²) >= 11 is 0. The number of hydrogen-bond donors (Lipinski definition) is 3. The molecule has 0 saturated heterocycles. The number of aromatic amines is 1. The van der Waals surface area contributed by atoms with Gasteiger partial charge in [-0.25, -0.2) is 0 Å². The summed E-state index contributed by atoms with van der Waals surface area (Å²) in [6, 6.07) is 7.10. The van der Waals surface area contributed by atoms with Gasteiger partial charge in [0.25, 0.3) is 5.91 Å². The number of hydrogen-bond acceptors (Lipinski definition) is 5. The molecule has 1 unspecified atom stereocenters. The molecule has 7 heteroatoms. The van der Waals surface area contributed by atoms with Crippen LogP contribution in [0.15, 0.2) is 24.3 Å². The van der Waals surface area contributed by atoms with E-state index in [-0.39, 0.29) is 11.9 Å². The lowest BCUT2D eigenvalue weighted by molar-refractivity contribution is 0.0938. The Morgan fingerprint density at radius 1 is 1.53 bits per heavy atom. The lowest BCUT2D eigenvalue weighted by Crippen LogP contribution is -2.27. The molecule has 0 fully saturated rings. The Hall–Kier alpha value is -2.28. The molecule has 0 radical (unpaired) electrons. The van der Waals surface area contributed by atoms with E-state index >= 15 is 0 Å². The standard InChI is InChI=1S/C12H16N6O/c1-8(11-15-17-18-16-11)14-12(19)10-4-2-3-9(7-10)5-6-13/h2-4,7-8H,5-6,13H2,1H3,(H,14,19)(H,15,16,17,18).